The van der Waals surface area contributed by atoms with Gasteiger partial charge >= 0.3 is 0 Å². The van der Waals surface area contributed by atoms with Crippen molar-refractivity contribution in [2.75, 3.05) is 4.90 Å². The molecule has 3 aliphatic rings. The summed E-state index contributed by atoms with van der Waals surface area (Å²) >= 11 is 0. The summed E-state index contributed by atoms with van der Waals surface area (Å²) in [5, 5.41) is 19.2. The van der Waals surface area contributed by atoms with Crippen molar-refractivity contribution in [3.05, 3.63) is 100.0 Å². The third-order valence-corrected chi connectivity index (χ3v) is 9.15. The fourth-order valence-electron chi connectivity index (χ4n) is 5.88. The molecule has 0 radical (unpaired) electrons. The molecule has 0 amide bonds. The molecule has 0 spiro atoms. The van der Waals surface area contributed by atoms with Crippen molar-refractivity contribution in [2.24, 2.45) is 0 Å². The van der Waals surface area contributed by atoms with Gasteiger partial charge in [-0.1, -0.05) is 48.9 Å². The Bertz CT molecular complexity index is 1610. The molecule has 3 aromatic carbocycles. The zero-order valence-electron chi connectivity index (χ0n) is 18.8. The maximum atomic E-state index is 13.5. The molecule has 6 heteroatoms. The first-order valence-corrected chi connectivity index (χ1v) is 13.1. The molecule has 2 aliphatic heterocycles. The number of nitrogens with zero attached hydrogens (tertiary/aromatic N) is 3. The topological polar surface area (TPSA) is 85.0 Å². The van der Waals surface area contributed by atoms with E-state index in [-0.39, 0.29) is 20.9 Å². The van der Waals surface area contributed by atoms with Gasteiger partial charge in [0, 0.05) is 34.5 Å². The SMILES string of the molecule is N#CC(C#N)=C1/C(=C\c2ccc3c(c2)C2CCCC2N3c2ccccc2)S(=O)(=O)c2ccccc21. The van der Waals surface area contributed by atoms with Crippen LogP contribution in [0.25, 0.3) is 11.6 Å². The first kappa shape index (κ1) is 21.4. The van der Waals surface area contributed by atoms with Crippen molar-refractivity contribution in [3.63, 3.8) is 0 Å². The highest BCUT2D eigenvalue weighted by Gasteiger charge is 2.42. The number of para-hydroxylation sites is 1. The first-order valence-electron chi connectivity index (χ1n) is 11.6. The Balaban J connectivity index is 1.52. The highest BCUT2D eigenvalue weighted by Crippen LogP contribution is 2.53. The Kier molecular flexibility index (Phi) is 4.88. The second-order valence-electron chi connectivity index (χ2n) is 9.11. The average molecular weight is 476 g/mol. The van der Waals surface area contributed by atoms with Crippen LogP contribution in [0.1, 0.15) is 41.9 Å². The summed E-state index contributed by atoms with van der Waals surface area (Å²) in [5.74, 6) is 0.393. The largest absolute Gasteiger partial charge is 0.338 e. The first-order chi connectivity index (χ1) is 17.0. The van der Waals surface area contributed by atoms with Crippen LogP contribution >= 0.6 is 0 Å². The van der Waals surface area contributed by atoms with Crippen molar-refractivity contribution in [3.8, 4) is 12.1 Å². The summed E-state index contributed by atoms with van der Waals surface area (Å²) < 4.78 is 26.9. The second kappa shape index (κ2) is 7.98. The van der Waals surface area contributed by atoms with Crippen LogP contribution in [0, 0.1) is 22.7 Å². The van der Waals surface area contributed by atoms with Gasteiger partial charge in [0.25, 0.3) is 0 Å². The van der Waals surface area contributed by atoms with Gasteiger partial charge in [-0.25, -0.2) is 8.42 Å². The van der Waals surface area contributed by atoms with E-state index < -0.39 is 9.84 Å². The summed E-state index contributed by atoms with van der Waals surface area (Å²) in [7, 11) is -3.85. The number of rotatable bonds is 2. The van der Waals surface area contributed by atoms with Gasteiger partial charge in [0.2, 0.25) is 9.84 Å². The predicted molar refractivity (Wildman–Crippen MR) is 135 cm³/mol. The second-order valence-corrected chi connectivity index (χ2v) is 11.0. The molecule has 1 fully saturated rings. The number of nitriles is 2. The summed E-state index contributed by atoms with van der Waals surface area (Å²) in [6, 6.07) is 27.2. The number of sulfone groups is 1. The van der Waals surface area contributed by atoms with Crippen molar-refractivity contribution in [1.29, 1.82) is 10.5 Å². The fourth-order valence-corrected chi connectivity index (χ4v) is 7.60. The number of allylic oxidation sites excluding steroid dienone is 2. The zero-order chi connectivity index (χ0) is 24.2. The Morgan fingerprint density at radius 1 is 0.943 bits per heavy atom. The van der Waals surface area contributed by atoms with E-state index >= 15 is 0 Å². The van der Waals surface area contributed by atoms with E-state index in [4.69, 9.17) is 0 Å². The number of benzene rings is 3. The fraction of sp³-hybridized carbons (Fsp3) is 0.172. The van der Waals surface area contributed by atoms with Crippen molar-refractivity contribution >= 4 is 32.9 Å². The van der Waals surface area contributed by atoms with E-state index in [1.165, 1.54) is 17.3 Å². The van der Waals surface area contributed by atoms with Gasteiger partial charge in [-0.15, -0.1) is 0 Å². The van der Waals surface area contributed by atoms with Gasteiger partial charge in [0.05, 0.1) is 9.80 Å². The zero-order valence-corrected chi connectivity index (χ0v) is 19.7. The summed E-state index contributed by atoms with van der Waals surface area (Å²) in [6.45, 7) is 0. The molecule has 6 rings (SSSR count). The lowest BCUT2D eigenvalue weighted by Crippen LogP contribution is -2.26. The Morgan fingerprint density at radius 2 is 1.69 bits per heavy atom. The lowest BCUT2D eigenvalue weighted by molar-refractivity contribution is 0.604. The summed E-state index contributed by atoms with van der Waals surface area (Å²) in [6.07, 6.45) is 5.00. The highest BCUT2D eigenvalue weighted by atomic mass is 32.2. The van der Waals surface area contributed by atoms with Crippen LogP contribution in [0.2, 0.25) is 0 Å². The number of hydrogen-bond donors (Lipinski definition) is 0. The number of anilines is 2. The maximum Gasteiger partial charge on any atom is 0.207 e. The number of hydrogen-bond acceptors (Lipinski definition) is 5. The molecule has 0 aromatic heterocycles. The third kappa shape index (κ3) is 3.15. The molecular formula is C29H21N3O2S. The van der Waals surface area contributed by atoms with Crippen LogP contribution in [-0.4, -0.2) is 14.5 Å². The van der Waals surface area contributed by atoms with Crippen molar-refractivity contribution < 1.29 is 8.42 Å². The van der Waals surface area contributed by atoms with Gasteiger partial charge in [-0.3, -0.25) is 0 Å². The van der Waals surface area contributed by atoms with Gasteiger partial charge < -0.3 is 4.90 Å². The Hall–Kier alpha value is -4.13. The maximum absolute atomic E-state index is 13.5. The normalized spacial score (nSPS) is 22.3. The number of fused-ring (bicyclic) bond motifs is 4. The predicted octanol–water partition coefficient (Wildman–Crippen LogP) is 6.10. The standard InChI is InChI=1S/C29H21N3O2S/c30-17-20(18-31)29-23-9-4-5-12-27(23)35(33,34)28(29)16-19-13-14-26-24(15-19)22-10-6-11-25(22)32(26)21-7-2-1-3-8-21/h1-5,7-9,12-16,22,25H,6,10-11H2/b28-16+. The monoisotopic (exact) mass is 475 g/mol. The molecule has 0 bridgehead atoms. The molecule has 1 saturated carbocycles. The Morgan fingerprint density at radius 3 is 2.46 bits per heavy atom. The molecule has 2 unspecified atom stereocenters. The van der Waals surface area contributed by atoms with Crippen LogP contribution in [-0.2, 0) is 9.84 Å². The lowest BCUT2D eigenvalue weighted by Gasteiger charge is -2.27. The van der Waals surface area contributed by atoms with Crippen LogP contribution in [0.15, 0.2) is 88.2 Å². The lowest BCUT2D eigenvalue weighted by atomic mass is 9.95. The van der Waals surface area contributed by atoms with Crippen LogP contribution in [0.3, 0.4) is 0 Å². The molecule has 3 aromatic rings. The van der Waals surface area contributed by atoms with E-state index in [2.05, 4.69) is 41.3 Å². The molecule has 2 atom stereocenters. The summed E-state index contributed by atoms with van der Waals surface area (Å²) in [5.41, 5.74) is 4.71. The van der Waals surface area contributed by atoms with E-state index in [0.29, 0.717) is 17.5 Å². The smallest absolute Gasteiger partial charge is 0.207 e. The minimum absolute atomic E-state index is 0.0117. The molecule has 0 N–H and O–H groups in total. The van der Waals surface area contributed by atoms with Crippen LogP contribution in [0.4, 0.5) is 11.4 Å². The van der Waals surface area contributed by atoms with Crippen LogP contribution < -0.4 is 4.90 Å². The Labute approximate surface area is 204 Å². The van der Waals surface area contributed by atoms with Gasteiger partial charge in [-0.05, 0) is 60.4 Å². The molecule has 1 aliphatic carbocycles. The third-order valence-electron chi connectivity index (χ3n) is 7.31. The molecule has 0 saturated heterocycles. The van der Waals surface area contributed by atoms with Crippen molar-refractivity contribution in [2.45, 2.75) is 36.1 Å². The molecular weight excluding hydrogens is 454 g/mol. The van der Waals surface area contributed by atoms with Gasteiger partial charge in [0.1, 0.15) is 17.7 Å². The molecule has 5 nitrogen and oxygen atoms in total. The minimum Gasteiger partial charge on any atom is -0.338 e. The molecule has 2 heterocycles. The van der Waals surface area contributed by atoms with E-state index in [1.54, 1.807) is 24.3 Å². The summed E-state index contributed by atoms with van der Waals surface area (Å²) in [4.78, 5) is 2.56. The van der Waals surface area contributed by atoms with E-state index in [9.17, 15) is 18.9 Å². The van der Waals surface area contributed by atoms with Gasteiger partial charge in [0.15, 0.2) is 0 Å². The minimum atomic E-state index is -3.85. The van der Waals surface area contributed by atoms with Crippen LogP contribution in [0.5, 0.6) is 0 Å². The van der Waals surface area contributed by atoms with E-state index in [0.717, 1.165) is 30.5 Å². The van der Waals surface area contributed by atoms with E-state index in [1.807, 2.05) is 24.3 Å². The molecule has 35 heavy (non-hydrogen) atoms. The average Bonchev–Trinajstić information content (AvgIpc) is 3.53. The molecule has 170 valence electrons. The van der Waals surface area contributed by atoms with Crippen molar-refractivity contribution in [1.82, 2.24) is 0 Å². The quantitative estimate of drug-likeness (QED) is 0.418. The highest BCUT2D eigenvalue weighted by molar-refractivity contribution is 7.96. The van der Waals surface area contributed by atoms with Gasteiger partial charge in [-0.2, -0.15) is 10.5 Å².